The van der Waals surface area contributed by atoms with E-state index >= 15 is 0 Å². The maximum absolute atomic E-state index is 12.1. The molecule has 132 valence electrons. The third-order valence-corrected chi connectivity index (χ3v) is 4.38. The number of H-pyrrole nitrogens is 1. The van der Waals surface area contributed by atoms with Crippen LogP contribution in [-0.2, 0) is 20.9 Å². The van der Waals surface area contributed by atoms with Gasteiger partial charge in [-0.05, 0) is 31.4 Å². The predicted octanol–water partition coefficient (Wildman–Crippen LogP) is 1.32. The van der Waals surface area contributed by atoms with E-state index in [9.17, 15) is 9.59 Å². The van der Waals surface area contributed by atoms with E-state index in [-0.39, 0.29) is 31.1 Å². The largest absolute Gasteiger partial charge is 0.369 e. The van der Waals surface area contributed by atoms with E-state index in [0.717, 1.165) is 16.6 Å². The number of fused-ring (bicyclic) bond motifs is 1. The molecule has 0 bridgehead atoms. The quantitative estimate of drug-likeness (QED) is 0.688. The number of carbonyl (C=O) groups excluding carboxylic acids is 2. The molecule has 0 saturated carbocycles. The SMILES string of the molecule is Cc1cccc2[nH]c(COCC(=O)NC3CC=CCC3C(N)=O)nc12. The molecule has 1 heterocycles. The molecule has 0 radical (unpaired) electrons. The first-order chi connectivity index (χ1) is 12.0. The van der Waals surface area contributed by atoms with Crippen molar-refractivity contribution >= 4 is 22.8 Å². The highest BCUT2D eigenvalue weighted by atomic mass is 16.5. The molecule has 7 heteroatoms. The molecule has 1 aliphatic rings. The molecule has 25 heavy (non-hydrogen) atoms. The maximum atomic E-state index is 12.1. The van der Waals surface area contributed by atoms with E-state index < -0.39 is 5.91 Å². The summed E-state index contributed by atoms with van der Waals surface area (Å²) >= 11 is 0. The second-order valence-electron chi connectivity index (χ2n) is 6.27. The zero-order valence-corrected chi connectivity index (χ0v) is 14.1. The Morgan fingerprint density at radius 1 is 1.36 bits per heavy atom. The van der Waals surface area contributed by atoms with Crippen molar-refractivity contribution in [2.75, 3.05) is 6.61 Å². The van der Waals surface area contributed by atoms with E-state index in [0.29, 0.717) is 18.7 Å². The van der Waals surface area contributed by atoms with Crippen molar-refractivity contribution in [3.8, 4) is 0 Å². The number of benzene rings is 1. The standard InChI is InChI=1S/C18H22N4O3/c1-11-5-4-8-14-17(11)22-15(20-14)9-25-10-16(23)21-13-7-3-2-6-12(13)18(19)24/h2-5,8,12-13H,6-7,9-10H2,1H3,(H2,19,24)(H,20,22)(H,21,23). The number of allylic oxidation sites excluding steroid dienone is 1. The lowest BCUT2D eigenvalue weighted by Crippen LogP contribution is -2.47. The van der Waals surface area contributed by atoms with E-state index in [1.165, 1.54) is 0 Å². The third-order valence-electron chi connectivity index (χ3n) is 4.38. The highest BCUT2D eigenvalue weighted by Gasteiger charge is 2.28. The summed E-state index contributed by atoms with van der Waals surface area (Å²) in [4.78, 5) is 31.2. The Morgan fingerprint density at radius 2 is 2.16 bits per heavy atom. The van der Waals surface area contributed by atoms with Gasteiger partial charge in [0.15, 0.2) is 0 Å². The number of ether oxygens (including phenoxy) is 1. The molecule has 0 fully saturated rings. The van der Waals surface area contributed by atoms with Gasteiger partial charge in [-0.2, -0.15) is 0 Å². The second-order valence-corrected chi connectivity index (χ2v) is 6.27. The van der Waals surface area contributed by atoms with Gasteiger partial charge in [-0.25, -0.2) is 4.98 Å². The Labute approximate surface area is 145 Å². The first-order valence-electron chi connectivity index (χ1n) is 8.30. The Bertz CT molecular complexity index is 812. The lowest BCUT2D eigenvalue weighted by molar-refractivity contribution is -0.128. The van der Waals surface area contributed by atoms with Crippen LogP contribution in [0.2, 0.25) is 0 Å². The maximum Gasteiger partial charge on any atom is 0.246 e. The minimum atomic E-state index is -0.395. The number of nitrogens with one attached hydrogen (secondary N) is 2. The topological polar surface area (TPSA) is 110 Å². The summed E-state index contributed by atoms with van der Waals surface area (Å²) in [5, 5.41) is 2.83. The fourth-order valence-electron chi connectivity index (χ4n) is 3.07. The van der Waals surface area contributed by atoms with Crippen molar-refractivity contribution in [2.45, 2.75) is 32.4 Å². The van der Waals surface area contributed by atoms with Crippen LogP contribution in [0.1, 0.15) is 24.2 Å². The fourth-order valence-corrected chi connectivity index (χ4v) is 3.07. The van der Waals surface area contributed by atoms with Gasteiger partial charge in [0.1, 0.15) is 19.0 Å². The predicted molar refractivity (Wildman–Crippen MR) is 93.5 cm³/mol. The number of aryl methyl sites for hydroxylation is 1. The van der Waals surface area contributed by atoms with Gasteiger partial charge in [0.2, 0.25) is 11.8 Å². The van der Waals surface area contributed by atoms with Crippen molar-refractivity contribution in [2.24, 2.45) is 11.7 Å². The Kier molecular flexibility index (Phi) is 5.14. The van der Waals surface area contributed by atoms with Gasteiger partial charge >= 0.3 is 0 Å². The average Bonchev–Trinajstić information content (AvgIpc) is 2.99. The summed E-state index contributed by atoms with van der Waals surface area (Å²) in [5.74, 6) is -0.355. The molecule has 3 rings (SSSR count). The van der Waals surface area contributed by atoms with Crippen LogP contribution in [0.3, 0.4) is 0 Å². The Hall–Kier alpha value is -2.67. The van der Waals surface area contributed by atoms with Crippen molar-refractivity contribution in [1.82, 2.24) is 15.3 Å². The molecule has 1 aromatic heterocycles. The first kappa shape index (κ1) is 17.2. The molecular formula is C18H22N4O3. The molecule has 2 atom stereocenters. The van der Waals surface area contributed by atoms with Crippen LogP contribution < -0.4 is 11.1 Å². The highest BCUT2D eigenvalue weighted by Crippen LogP contribution is 2.19. The Morgan fingerprint density at radius 3 is 2.92 bits per heavy atom. The van der Waals surface area contributed by atoms with E-state index in [1.54, 1.807) is 0 Å². The molecule has 1 aromatic carbocycles. The second kappa shape index (κ2) is 7.48. The molecule has 7 nitrogen and oxygen atoms in total. The first-order valence-corrected chi connectivity index (χ1v) is 8.30. The van der Waals surface area contributed by atoms with Crippen LogP contribution in [-0.4, -0.2) is 34.4 Å². The summed E-state index contributed by atoms with van der Waals surface area (Å²) in [6.45, 7) is 2.11. The van der Waals surface area contributed by atoms with Crippen LogP contribution in [0.4, 0.5) is 0 Å². The number of hydrogen-bond donors (Lipinski definition) is 3. The summed E-state index contributed by atoms with van der Waals surface area (Å²) in [5.41, 5.74) is 8.33. The number of imidazole rings is 1. The molecule has 2 amide bonds. The molecule has 1 aliphatic carbocycles. The number of aromatic amines is 1. The number of rotatable bonds is 6. The number of aromatic nitrogens is 2. The van der Waals surface area contributed by atoms with Gasteiger partial charge in [-0.1, -0.05) is 24.3 Å². The minimum absolute atomic E-state index is 0.0955. The van der Waals surface area contributed by atoms with Crippen LogP contribution >= 0.6 is 0 Å². The van der Waals surface area contributed by atoms with Crippen molar-refractivity contribution in [3.63, 3.8) is 0 Å². The number of para-hydroxylation sites is 1. The van der Waals surface area contributed by atoms with Crippen molar-refractivity contribution in [1.29, 1.82) is 0 Å². The van der Waals surface area contributed by atoms with Crippen molar-refractivity contribution in [3.05, 3.63) is 41.7 Å². The van der Waals surface area contributed by atoms with Crippen LogP contribution in [0.5, 0.6) is 0 Å². The molecule has 0 aliphatic heterocycles. The summed E-state index contributed by atoms with van der Waals surface area (Å²) < 4.78 is 5.45. The normalized spacial score (nSPS) is 19.9. The molecule has 2 unspecified atom stereocenters. The van der Waals surface area contributed by atoms with Gasteiger partial charge in [0.05, 0.1) is 17.0 Å². The lowest BCUT2D eigenvalue weighted by Gasteiger charge is -2.26. The number of primary amides is 1. The monoisotopic (exact) mass is 342 g/mol. The van der Waals surface area contributed by atoms with Crippen LogP contribution in [0.15, 0.2) is 30.4 Å². The highest BCUT2D eigenvalue weighted by molar-refractivity contribution is 5.81. The number of nitrogens with two attached hydrogens (primary N) is 1. The summed E-state index contributed by atoms with van der Waals surface area (Å²) in [6.07, 6.45) is 5.02. The zero-order chi connectivity index (χ0) is 17.8. The van der Waals surface area contributed by atoms with Gasteiger partial charge in [-0.15, -0.1) is 0 Å². The summed E-state index contributed by atoms with van der Waals surface area (Å²) in [6, 6.07) is 5.63. The van der Waals surface area contributed by atoms with Crippen LogP contribution in [0.25, 0.3) is 11.0 Å². The van der Waals surface area contributed by atoms with Crippen molar-refractivity contribution < 1.29 is 14.3 Å². The Balaban J connectivity index is 1.51. The van der Waals surface area contributed by atoms with Gasteiger partial charge in [0.25, 0.3) is 0 Å². The molecule has 0 spiro atoms. The number of hydrogen-bond acceptors (Lipinski definition) is 4. The van der Waals surface area contributed by atoms with E-state index in [4.69, 9.17) is 10.5 Å². The van der Waals surface area contributed by atoms with E-state index in [1.807, 2.05) is 37.3 Å². The number of carbonyl (C=O) groups is 2. The van der Waals surface area contributed by atoms with Crippen LogP contribution in [0, 0.1) is 12.8 Å². The minimum Gasteiger partial charge on any atom is -0.369 e. The number of amides is 2. The van der Waals surface area contributed by atoms with Gasteiger partial charge < -0.3 is 20.8 Å². The van der Waals surface area contributed by atoms with E-state index in [2.05, 4.69) is 15.3 Å². The molecule has 2 aromatic rings. The molecule has 4 N–H and O–H groups in total. The van der Waals surface area contributed by atoms with Gasteiger partial charge in [0, 0.05) is 6.04 Å². The average molecular weight is 342 g/mol. The fraction of sp³-hybridized carbons (Fsp3) is 0.389. The summed E-state index contributed by atoms with van der Waals surface area (Å²) in [7, 11) is 0. The third kappa shape index (κ3) is 4.06. The van der Waals surface area contributed by atoms with Gasteiger partial charge in [-0.3, -0.25) is 9.59 Å². The smallest absolute Gasteiger partial charge is 0.246 e. The zero-order valence-electron chi connectivity index (χ0n) is 14.1. The lowest BCUT2D eigenvalue weighted by atomic mass is 9.88. The molecule has 0 saturated heterocycles. The molecular weight excluding hydrogens is 320 g/mol. The number of nitrogens with zero attached hydrogens (tertiary/aromatic N) is 1.